The van der Waals surface area contributed by atoms with Gasteiger partial charge in [-0.2, -0.15) is 0 Å². The molecule has 1 aliphatic heterocycles. The summed E-state index contributed by atoms with van der Waals surface area (Å²) in [5.74, 6) is -1.62. The molecule has 164 valence electrons. The number of carbonyl (C=O) groups excluding carboxylic acids is 3. The van der Waals surface area contributed by atoms with Gasteiger partial charge in [-0.25, -0.2) is 0 Å². The van der Waals surface area contributed by atoms with Crippen LogP contribution in [0.5, 0.6) is 5.75 Å². The molecule has 31 heavy (non-hydrogen) atoms. The molecule has 0 radical (unpaired) electrons. The number of benzene rings is 1. The van der Waals surface area contributed by atoms with Gasteiger partial charge in [0.25, 0.3) is 17.7 Å². The summed E-state index contributed by atoms with van der Waals surface area (Å²) >= 11 is 1.64. The molecule has 0 unspecified atom stereocenters. The van der Waals surface area contributed by atoms with E-state index in [2.05, 4.69) is 10.6 Å². The Morgan fingerprint density at radius 3 is 2.48 bits per heavy atom. The number of nitrogens with one attached hydrogen (secondary N) is 2. The maximum absolute atomic E-state index is 12.7. The number of anilines is 1. The van der Waals surface area contributed by atoms with E-state index in [9.17, 15) is 19.5 Å². The molecule has 1 aromatic heterocycles. The van der Waals surface area contributed by atoms with Crippen LogP contribution in [0.4, 0.5) is 5.69 Å². The van der Waals surface area contributed by atoms with Gasteiger partial charge < -0.3 is 20.6 Å². The lowest BCUT2D eigenvalue weighted by Crippen LogP contribution is -2.35. The van der Waals surface area contributed by atoms with Crippen molar-refractivity contribution in [2.75, 3.05) is 26.5 Å². The van der Waals surface area contributed by atoms with Gasteiger partial charge in [0.2, 0.25) is 0 Å². The zero-order valence-electron chi connectivity index (χ0n) is 17.9. The molecule has 9 heteroatoms. The number of amides is 3. The summed E-state index contributed by atoms with van der Waals surface area (Å²) < 4.78 is 0. The smallest absolute Gasteiger partial charge is 0.279 e. The van der Waals surface area contributed by atoms with E-state index in [1.54, 1.807) is 37.6 Å². The van der Waals surface area contributed by atoms with Crippen molar-refractivity contribution in [3.8, 4) is 5.75 Å². The minimum absolute atomic E-state index is 0.0434. The van der Waals surface area contributed by atoms with Crippen molar-refractivity contribution < 1.29 is 19.5 Å². The lowest BCUT2D eigenvalue weighted by Gasteiger charge is -2.19. The fraction of sp³-hybridized carbons (Fsp3) is 0.318. The second-order valence-electron chi connectivity index (χ2n) is 7.48. The minimum atomic E-state index is -0.512. The quantitative estimate of drug-likeness (QED) is 0.429. The molecule has 0 spiro atoms. The highest BCUT2D eigenvalue weighted by Crippen LogP contribution is 2.31. The van der Waals surface area contributed by atoms with Crippen LogP contribution in [0.15, 0.2) is 47.1 Å². The maximum Gasteiger partial charge on any atom is 0.279 e. The van der Waals surface area contributed by atoms with Crippen LogP contribution in [-0.4, -0.2) is 59.8 Å². The van der Waals surface area contributed by atoms with Gasteiger partial charge in [0, 0.05) is 38.5 Å². The zero-order chi connectivity index (χ0) is 22.7. The Morgan fingerprint density at radius 1 is 1.16 bits per heavy atom. The first-order valence-electron chi connectivity index (χ1n) is 9.90. The Kier molecular flexibility index (Phi) is 6.65. The molecule has 0 bridgehead atoms. The Morgan fingerprint density at radius 2 is 1.87 bits per heavy atom. The van der Waals surface area contributed by atoms with Gasteiger partial charge in [-0.1, -0.05) is 19.1 Å². The molecule has 0 fully saturated rings. The normalized spacial score (nSPS) is 14.8. The molecule has 2 heterocycles. The van der Waals surface area contributed by atoms with Crippen molar-refractivity contribution in [2.45, 2.75) is 25.8 Å². The number of phenols is 1. The van der Waals surface area contributed by atoms with Gasteiger partial charge in [0.1, 0.15) is 11.4 Å². The van der Waals surface area contributed by atoms with E-state index in [0.29, 0.717) is 6.42 Å². The predicted octanol–water partition coefficient (Wildman–Crippen LogP) is 2.39. The fourth-order valence-electron chi connectivity index (χ4n) is 3.26. The fourth-order valence-corrected chi connectivity index (χ4v) is 4.04. The Balaban J connectivity index is 1.93. The van der Waals surface area contributed by atoms with Gasteiger partial charge >= 0.3 is 0 Å². The standard InChI is InChI=1S/C22H26N4O4S/c1-5-13(12-14-8-7-11-31-14)23-17-18(22(30)26(4)21(17)29)24-16-10-6-9-15(19(16)27)20(28)25(2)3/h6-11,13,23-24,27H,5,12H2,1-4H3/t13-/m0/s1. The van der Waals surface area contributed by atoms with Crippen LogP contribution in [0.1, 0.15) is 28.6 Å². The Hall–Kier alpha value is -3.33. The van der Waals surface area contributed by atoms with E-state index in [1.807, 2.05) is 24.4 Å². The molecule has 3 rings (SSSR count). The first kappa shape index (κ1) is 22.4. The van der Waals surface area contributed by atoms with Crippen LogP contribution in [0.2, 0.25) is 0 Å². The monoisotopic (exact) mass is 442 g/mol. The second-order valence-corrected chi connectivity index (χ2v) is 8.51. The third-order valence-electron chi connectivity index (χ3n) is 5.09. The summed E-state index contributed by atoms with van der Waals surface area (Å²) in [6.45, 7) is 2.01. The SMILES string of the molecule is CC[C@@H](Cc1cccs1)NC1=C(Nc2cccc(C(=O)N(C)C)c2O)C(=O)N(C)C1=O. The van der Waals surface area contributed by atoms with Crippen LogP contribution in [0, 0.1) is 0 Å². The van der Waals surface area contributed by atoms with Crippen LogP contribution in [-0.2, 0) is 16.0 Å². The molecule has 2 aromatic rings. The largest absolute Gasteiger partial charge is 0.505 e. The van der Waals surface area contributed by atoms with Gasteiger partial charge in [-0.3, -0.25) is 19.3 Å². The molecule has 8 nitrogen and oxygen atoms in total. The molecule has 0 saturated carbocycles. The first-order valence-corrected chi connectivity index (χ1v) is 10.8. The molecular formula is C22H26N4O4S. The van der Waals surface area contributed by atoms with Crippen molar-refractivity contribution in [3.63, 3.8) is 0 Å². The van der Waals surface area contributed by atoms with Gasteiger partial charge in [0.15, 0.2) is 5.75 Å². The van der Waals surface area contributed by atoms with E-state index < -0.39 is 11.8 Å². The van der Waals surface area contributed by atoms with Crippen molar-refractivity contribution in [2.24, 2.45) is 0 Å². The highest BCUT2D eigenvalue weighted by Gasteiger charge is 2.37. The number of thiophene rings is 1. The predicted molar refractivity (Wildman–Crippen MR) is 120 cm³/mol. The Bertz CT molecular complexity index is 1030. The number of hydrogen-bond acceptors (Lipinski definition) is 7. The van der Waals surface area contributed by atoms with E-state index >= 15 is 0 Å². The number of carbonyl (C=O) groups is 3. The third-order valence-corrected chi connectivity index (χ3v) is 5.99. The highest BCUT2D eigenvalue weighted by molar-refractivity contribution is 7.09. The summed E-state index contributed by atoms with van der Waals surface area (Å²) in [6, 6.07) is 8.60. The number of likely N-dealkylation sites (N-methyl/N-ethyl adjacent to an activating group) is 1. The van der Waals surface area contributed by atoms with Crippen molar-refractivity contribution in [3.05, 3.63) is 57.5 Å². The summed E-state index contributed by atoms with van der Waals surface area (Å²) in [7, 11) is 4.57. The molecule has 0 aliphatic carbocycles. The van der Waals surface area contributed by atoms with Gasteiger partial charge in [-0.05, 0) is 30.0 Å². The number of phenolic OH excluding ortho intramolecular Hbond substituents is 1. The average Bonchev–Trinajstić information content (AvgIpc) is 3.33. The molecular weight excluding hydrogens is 416 g/mol. The third kappa shape index (κ3) is 4.56. The number of imide groups is 1. The number of hydrogen-bond donors (Lipinski definition) is 3. The van der Waals surface area contributed by atoms with Gasteiger partial charge in [0.05, 0.1) is 11.3 Å². The van der Waals surface area contributed by atoms with Crippen molar-refractivity contribution in [1.82, 2.24) is 15.1 Å². The summed E-state index contributed by atoms with van der Waals surface area (Å²) in [4.78, 5) is 41.3. The maximum atomic E-state index is 12.7. The summed E-state index contributed by atoms with van der Waals surface area (Å²) in [6.07, 6.45) is 1.46. The molecule has 1 aliphatic rings. The average molecular weight is 443 g/mol. The molecule has 3 amide bonds. The van der Waals surface area contributed by atoms with Crippen LogP contribution in [0.25, 0.3) is 0 Å². The number of para-hydroxylation sites is 1. The molecule has 1 atom stereocenters. The van der Waals surface area contributed by atoms with Crippen LogP contribution in [0.3, 0.4) is 0 Å². The zero-order valence-corrected chi connectivity index (χ0v) is 18.7. The lowest BCUT2D eigenvalue weighted by molar-refractivity contribution is -0.136. The van der Waals surface area contributed by atoms with Crippen LogP contribution >= 0.6 is 11.3 Å². The number of aromatic hydroxyl groups is 1. The number of nitrogens with zero attached hydrogens (tertiary/aromatic N) is 2. The first-order chi connectivity index (χ1) is 14.7. The van der Waals surface area contributed by atoms with E-state index in [0.717, 1.165) is 11.3 Å². The topological polar surface area (TPSA) is 102 Å². The van der Waals surface area contributed by atoms with Gasteiger partial charge in [-0.15, -0.1) is 11.3 Å². The van der Waals surface area contributed by atoms with Crippen LogP contribution < -0.4 is 10.6 Å². The lowest BCUT2D eigenvalue weighted by atomic mass is 10.1. The second kappa shape index (κ2) is 9.22. The van der Waals surface area contributed by atoms with Crippen molar-refractivity contribution in [1.29, 1.82) is 0 Å². The van der Waals surface area contributed by atoms with E-state index in [4.69, 9.17) is 0 Å². The molecule has 3 N–H and O–H groups in total. The van der Waals surface area contributed by atoms with E-state index in [-0.39, 0.29) is 40.3 Å². The van der Waals surface area contributed by atoms with E-state index in [1.165, 1.54) is 22.9 Å². The summed E-state index contributed by atoms with van der Waals surface area (Å²) in [5, 5.41) is 18.7. The van der Waals surface area contributed by atoms with Crippen molar-refractivity contribution >= 4 is 34.7 Å². The highest BCUT2D eigenvalue weighted by atomic mass is 32.1. The Labute approximate surface area is 185 Å². The summed E-state index contributed by atoms with van der Waals surface area (Å²) in [5.41, 5.74) is 0.464. The number of rotatable bonds is 8. The molecule has 0 saturated heterocycles. The molecule has 1 aromatic carbocycles. The minimum Gasteiger partial charge on any atom is -0.505 e.